The molecule has 7 heteroatoms. The SMILES string of the molecule is O=C(NCCCOc1cccc2cccnc12)c1ccc(CN2C(=O)CCC2=O)cc1. The van der Waals surface area contributed by atoms with E-state index in [4.69, 9.17) is 4.74 Å². The standard InChI is InChI=1S/C24H23N3O4/c28-21-11-12-22(29)27(21)16-17-7-9-19(10-8-17)24(30)26-14-3-15-31-20-6-1-4-18-5-2-13-25-23(18)20/h1-2,4-10,13H,3,11-12,14-16H2,(H,26,30). The number of nitrogens with one attached hydrogen (secondary N) is 1. The van der Waals surface area contributed by atoms with E-state index >= 15 is 0 Å². The van der Waals surface area contributed by atoms with Crippen LogP contribution in [0.25, 0.3) is 10.9 Å². The molecule has 0 bridgehead atoms. The highest BCUT2D eigenvalue weighted by Gasteiger charge is 2.28. The zero-order valence-corrected chi connectivity index (χ0v) is 17.0. The molecule has 3 amide bonds. The van der Waals surface area contributed by atoms with Crippen molar-refractivity contribution in [3.05, 3.63) is 71.9 Å². The van der Waals surface area contributed by atoms with Crippen LogP contribution in [0.15, 0.2) is 60.8 Å². The average molecular weight is 417 g/mol. The topological polar surface area (TPSA) is 88.6 Å². The number of rotatable bonds is 8. The lowest BCUT2D eigenvalue weighted by atomic mass is 10.1. The molecule has 1 N–H and O–H groups in total. The second-order valence-electron chi connectivity index (χ2n) is 7.36. The maximum atomic E-state index is 12.3. The van der Waals surface area contributed by atoms with Crippen molar-refractivity contribution in [1.29, 1.82) is 0 Å². The molecule has 1 aliphatic heterocycles. The van der Waals surface area contributed by atoms with Crippen molar-refractivity contribution in [2.45, 2.75) is 25.8 Å². The van der Waals surface area contributed by atoms with E-state index in [0.29, 0.717) is 25.1 Å². The molecule has 1 fully saturated rings. The van der Waals surface area contributed by atoms with Gasteiger partial charge in [0.2, 0.25) is 11.8 Å². The molecule has 2 heterocycles. The van der Waals surface area contributed by atoms with E-state index in [1.54, 1.807) is 30.5 Å². The predicted octanol–water partition coefficient (Wildman–Crippen LogP) is 3.08. The number of hydrogen-bond donors (Lipinski definition) is 1. The summed E-state index contributed by atoms with van der Waals surface area (Å²) in [6, 6.07) is 16.6. The first-order valence-electron chi connectivity index (χ1n) is 10.3. The van der Waals surface area contributed by atoms with Crippen LogP contribution in [0.5, 0.6) is 5.75 Å². The minimum atomic E-state index is -0.174. The van der Waals surface area contributed by atoms with Gasteiger partial charge < -0.3 is 10.1 Å². The van der Waals surface area contributed by atoms with E-state index in [0.717, 1.165) is 22.2 Å². The molecule has 1 saturated heterocycles. The van der Waals surface area contributed by atoms with Crippen LogP contribution in [0.3, 0.4) is 0 Å². The number of benzene rings is 2. The summed E-state index contributed by atoms with van der Waals surface area (Å²) in [4.78, 5) is 41.4. The van der Waals surface area contributed by atoms with Crippen molar-refractivity contribution < 1.29 is 19.1 Å². The van der Waals surface area contributed by atoms with Crippen molar-refractivity contribution in [2.24, 2.45) is 0 Å². The summed E-state index contributed by atoms with van der Waals surface area (Å²) < 4.78 is 5.83. The van der Waals surface area contributed by atoms with Crippen LogP contribution < -0.4 is 10.1 Å². The zero-order chi connectivity index (χ0) is 21.6. The number of amides is 3. The number of para-hydroxylation sites is 1. The Morgan fingerprint density at radius 1 is 1.00 bits per heavy atom. The van der Waals surface area contributed by atoms with Crippen LogP contribution in [0.2, 0.25) is 0 Å². The predicted molar refractivity (Wildman–Crippen MR) is 115 cm³/mol. The Morgan fingerprint density at radius 2 is 1.74 bits per heavy atom. The van der Waals surface area contributed by atoms with Gasteiger partial charge in [-0.2, -0.15) is 0 Å². The van der Waals surface area contributed by atoms with Crippen LogP contribution in [0.4, 0.5) is 0 Å². The normalized spacial score (nSPS) is 13.6. The molecule has 1 aliphatic rings. The third kappa shape index (κ3) is 4.88. The summed E-state index contributed by atoms with van der Waals surface area (Å²) in [6.07, 6.45) is 2.95. The molecular weight excluding hydrogens is 394 g/mol. The van der Waals surface area contributed by atoms with E-state index in [-0.39, 0.29) is 37.1 Å². The molecule has 0 spiro atoms. The van der Waals surface area contributed by atoms with E-state index in [2.05, 4.69) is 10.3 Å². The average Bonchev–Trinajstić information content (AvgIpc) is 3.11. The summed E-state index contributed by atoms with van der Waals surface area (Å²) in [5, 5.41) is 3.90. The monoisotopic (exact) mass is 417 g/mol. The van der Waals surface area contributed by atoms with Gasteiger partial charge in [-0.25, -0.2) is 0 Å². The fraction of sp³-hybridized carbons (Fsp3) is 0.250. The molecule has 0 radical (unpaired) electrons. The summed E-state index contributed by atoms with van der Waals surface area (Å²) in [7, 11) is 0. The van der Waals surface area contributed by atoms with Gasteiger partial charge in [0.15, 0.2) is 0 Å². The first-order valence-corrected chi connectivity index (χ1v) is 10.3. The van der Waals surface area contributed by atoms with Gasteiger partial charge >= 0.3 is 0 Å². The lowest BCUT2D eigenvalue weighted by Crippen LogP contribution is -2.28. The van der Waals surface area contributed by atoms with Crippen molar-refractivity contribution in [2.75, 3.05) is 13.2 Å². The van der Waals surface area contributed by atoms with E-state index in [1.165, 1.54) is 4.90 Å². The highest BCUT2D eigenvalue weighted by Crippen LogP contribution is 2.23. The zero-order valence-electron chi connectivity index (χ0n) is 17.0. The number of carbonyl (C=O) groups is 3. The Balaban J connectivity index is 1.22. The van der Waals surface area contributed by atoms with Crippen molar-refractivity contribution >= 4 is 28.6 Å². The van der Waals surface area contributed by atoms with Crippen molar-refractivity contribution in [1.82, 2.24) is 15.2 Å². The van der Waals surface area contributed by atoms with Gasteiger partial charge in [0.05, 0.1) is 13.2 Å². The molecule has 1 aromatic heterocycles. The van der Waals surface area contributed by atoms with Gasteiger partial charge in [0.25, 0.3) is 5.91 Å². The third-order valence-corrected chi connectivity index (χ3v) is 5.17. The van der Waals surface area contributed by atoms with Crippen molar-refractivity contribution in [3.8, 4) is 5.75 Å². The molecule has 7 nitrogen and oxygen atoms in total. The fourth-order valence-electron chi connectivity index (χ4n) is 3.49. The number of fused-ring (bicyclic) bond motifs is 1. The van der Waals surface area contributed by atoms with Gasteiger partial charge in [-0.1, -0.05) is 30.3 Å². The van der Waals surface area contributed by atoms with Crippen LogP contribution in [-0.4, -0.2) is 40.8 Å². The number of aromatic nitrogens is 1. The molecule has 2 aromatic carbocycles. The number of imide groups is 1. The Morgan fingerprint density at radius 3 is 2.52 bits per heavy atom. The van der Waals surface area contributed by atoms with Crippen molar-refractivity contribution in [3.63, 3.8) is 0 Å². The van der Waals surface area contributed by atoms with E-state index < -0.39 is 0 Å². The first-order chi connectivity index (χ1) is 15.1. The smallest absolute Gasteiger partial charge is 0.251 e. The minimum Gasteiger partial charge on any atom is -0.491 e. The molecule has 0 saturated carbocycles. The number of ether oxygens (including phenoxy) is 1. The second kappa shape index (κ2) is 9.38. The Kier molecular flexibility index (Phi) is 6.21. The Bertz CT molecular complexity index is 1090. The molecule has 158 valence electrons. The Labute approximate surface area is 180 Å². The largest absolute Gasteiger partial charge is 0.491 e. The highest BCUT2D eigenvalue weighted by molar-refractivity contribution is 6.01. The summed E-state index contributed by atoms with van der Waals surface area (Å²) in [5.41, 5.74) is 2.17. The lowest BCUT2D eigenvalue weighted by molar-refractivity contribution is -0.139. The molecule has 4 rings (SSSR count). The molecule has 0 atom stereocenters. The Hall–Kier alpha value is -3.74. The highest BCUT2D eigenvalue weighted by atomic mass is 16.5. The molecule has 0 unspecified atom stereocenters. The number of likely N-dealkylation sites (tertiary alicyclic amines) is 1. The number of carbonyl (C=O) groups excluding carboxylic acids is 3. The van der Waals surface area contributed by atoms with Gasteiger partial charge in [0, 0.05) is 36.5 Å². The van der Waals surface area contributed by atoms with Crippen LogP contribution in [-0.2, 0) is 16.1 Å². The molecule has 31 heavy (non-hydrogen) atoms. The van der Waals surface area contributed by atoms with Crippen LogP contribution in [0, 0.1) is 0 Å². The number of nitrogens with zero attached hydrogens (tertiary/aromatic N) is 2. The van der Waals surface area contributed by atoms with E-state index in [9.17, 15) is 14.4 Å². The van der Waals surface area contributed by atoms with Gasteiger partial charge in [0.1, 0.15) is 11.3 Å². The summed E-state index contributed by atoms with van der Waals surface area (Å²) in [5.74, 6) is 0.267. The molecule has 0 aliphatic carbocycles. The fourth-order valence-corrected chi connectivity index (χ4v) is 3.49. The summed E-state index contributed by atoms with van der Waals surface area (Å²) in [6.45, 7) is 1.20. The van der Waals surface area contributed by atoms with Gasteiger partial charge in [-0.3, -0.25) is 24.3 Å². The second-order valence-corrected chi connectivity index (χ2v) is 7.36. The maximum absolute atomic E-state index is 12.3. The quantitative estimate of drug-likeness (QED) is 0.449. The van der Waals surface area contributed by atoms with Gasteiger partial charge in [-0.05, 0) is 36.2 Å². The third-order valence-electron chi connectivity index (χ3n) is 5.17. The first kappa shape index (κ1) is 20.5. The number of hydrogen-bond acceptors (Lipinski definition) is 5. The van der Waals surface area contributed by atoms with Crippen LogP contribution in [0.1, 0.15) is 35.2 Å². The minimum absolute atomic E-state index is 0.145. The van der Waals surface area contributed by atoms with E-state index in [1.807, 2.05) is 30.3 Å². The molecular formula is C24H23N3O4. The lowest BCUT2D eigenvalue weighted by Gasteiger charge is -2.14. The van der Waals surface area contributed by atoms with Crippen LogP contribution >= 0.6 is 0 Å². The maximum Gasteiger partial charge on any atom is 0.251 e. The van der Waals surface area contributed by atoms with Gasteiger partial charge in [-0.15, -0.1) is 0 Å². The summed E-state index contributed by atoms with van der Waals surface area (Å²) >= 11 is 0. The molecule has 3 aromatic rings. The number of pyridine rings is 1.